The number of allylic oxidation sites excluding steroid dienone is 8. The third kappa shape index (κ3) is 3.33. The van der Waals surface area contributed by atoms with Crippen molar-refractivity contribution in [3.05, 3.63) is 144 Å². The molecule has 8 rings (SSSR count). The first kappa shape index (κ1) is 22.0. The Hall–Kier alpha value is -4.04. The number of fused-ring (bicyclic) bond motifs is 4. The number of hydrogen-bond donors (Lipinski definition) is 0. The molecule has 2 aromatic carbocycles. The molecule has 0 aromatic heterocycles. The molecule has 0 N–H and O–H groups in total. The predicted octanol–water partition coefficient (Wildman–Crippen LogP) is 8.42. The van der Waals surface area contributed by atoms with E-state index in [1.54, 1.807) is 11.1 Å². The minimum atomic E-state index is 0.388. The van der Waals surface area contributed by atoms with Crippen molar-refractivity contribution < 1.29 is 0 Å². The summed E-state index contributed by atoms with van der Waals surface area (Å²) in [5, 5.41) is 0. The fourth-order valence-corrected chi connectivity index (χ4v) is 7.38. The lowest BCUT2D eigenvalue weighted by Crippen LogP contribution is -2.32. The smallest absolute Gasteiger partial charge is 0.0626 e. The number of nitrogens with zero attached hydrogens (tertiary/aromatic N) is 2. The number of anilines is 2. The van der Waals surface area contributed by atoms with E-state index >= 15 is 0 Å². The fourth-order valence-electron chi connectivity index (χ4n) is 7.38. The largest absolute Gasteiger partial charge is 0.334 e. The van der Waals surface area contributed by atoms with Crippen molar-refractivity contribution in [2.24, 2.45) is 11.8 Å². The summed E-state index contributed by atoms with van der Waals surface area (Å²) in [6.07, 6.45) is 32.3. The first-order chi connectivity index (χ1) is 18.9. The van der Waals surface area contributed by atoms with E-state index in [1.807, 2.05) is 0 Å². The van der Waals surface area contributed by atoms with Crippen molar-refractivity contribution in [3.63, 3.8) is 0 Å². The molecule has 0 saturated heterocycles. The van der Waals surface area contributed by atoms with Gasteiger partial charge in [0.15, 0.2) is 0 Å². The van der Waals surface area contributed by atoms with Crippen LogP contribution in [-0.4, -0.2) is 12.1 Å². The molecule has 6 aliphatic rings. The van der Waals surface area contributed by atoms with Gasteiger partial charge in [0.05, 0.1) is 12.1 Å². The number of benzene rings is 2. The van der Waals surface area contributed by atoms with E-state index in [-0.39, 0.29) is 0 Å². The van der Waals surface area contributed by atoms with E-state index in [0.29, 0.717) is 23.9 Å². The standard InChI is InChI=1S/C36H32N2/c1-5-13-33-29(9-1)30-10-2-6-14-34(30)37(33)27-21-17-25(18-22-27)26-19-23-28(24-20-26)38-35-15-7-3-11-31(35)32-12-4-8-16-36(32)38/h1,3,5-9,11,13-24,29,31,33,35H,2,4,10,12H2/t29-,31?,33?,35?/m1/s1. The van der Waals surface area contributed by atoms with Crippen LogP contribution >= 0.6 is 0 Å². The van der Waals surface area contributed by atoms with Crippen LogP contribution in [0.25, 0.3) is 11.1 Å². The van der Waals surface area contributed by atoms with Crippen LogP contribution in [0, 0.1) is 11.8 Å². The highest BCUT2D eigenvalue weighted by Crippen LogP contribution is 2.46. The van der Waals surface area contributed by atoms with Crippen LogP contribution in [0.5, 0.6) is 0 Å². The molecule has 0 bridgehead atoms. The number of hydrogen-bond acceptors (Lipinski definition) is 2. The molecular formula is C36H32N2. The van der Waals surface area contributed by atoms with Crippen LogP contribution in [0.1, 0.15) is 25.7 Å². The van der Waals surface area contributed by atoms with Gasteiger partial charge in [-0.2, -0.15) is 0 Å². The second-order valence-corrected chi connectivity index (χ2v) is 11.1. The molecule has 4 atom stereocenters. The maximum Gasteiger partial charge on any atom is 0.0626 e. The summed E-state index contributed by atoms with van der Waals surface area (Å²) in [5.74, 6) is 1.00. The van der Waals surface area contributed by atoms with E-state index in [4.69, 9.17) is 0 Å². The van der Waals surface area contributed by atoms with Gasteiger partial charge in [0, 0.05) is 34.6 Å². The van der Waals surface area contributed by atoms with Gasteiger partial charge in [-0.25, -0.2) is 0 Å². The third-order valence-electron chi connectivity index (χ3n) is 9.13. The van der Waals surface area contributed by atoms with Gasteiger partial charge in [-0.3, -0.25) is 0 Å². The summed E-state index contributed by atoms with van der Waals surface area (Å²) in [4.78, 5) is 5.09. The van der Waals surface area contributed by atoms with Gasteiger partial charge >= 0.3 is 0 Å². The maximum atomic E-state index is 2.54. The molecule has 2 nitrogen and oxygen atoms in total. The fraction of sp³-hybridized carbons (Fsp3) is 0.222. The Morgan fingerprint density at radius 3 is 1.37 bits per heavy atom. The molecule has 2 heteroatoms. The average Bonchev–Trinajstić information content (AvgIpc) is 3.51. The van der Waals surface area contributed by atoms with Gasteiger partial charge in [-0.1, -0.05) is 85.0 Å². The molecule has 2 aliphatic heterocycles. The third-order valence-corrected chi connectivity index (χ3v) is 9.13. The zero-order chi connectivity index (χ0) is 25.1. The van der Waals surface area contributed by atoms with Crippen LogP contribution in [0.4, 0.5) is 11.4 Å². The van der Waals surface area contributed by atoms with Crippen molar-refractivity contribution in [3.8, 4) is 11.1 Å². The molecule has 2 heterocycles. The van der Waals surface area contributed by atoms with E-state index in [0.717, 1.165) is 12.8 Å². The van der Waals surface area contributed by atoms with E-state index in [9.17, 15) is 0 Å². The molecule has 186 valence electrons. The predicted molar refractivity (Wildman–Crippen MR) is 159 cm³/mol. The van der Waals surface area contributed by atoms with Gasteiger partial charge in [0.2, 0.25) is 0 Å². The Labute approximate surface area is 225 Å². The molecule has 38 heavy (non-hydrogen) atoms. The first-order valence-electron chi connectivity index (χ1n) is 14.1. The zero-order valence-electron chi connectivity index (χ0n) is 21.6. The minimum absolute atomic E-state index is 0.388. The van der Waals surface area contributed by atoms with Crippen LogP contribution < -0.4 is 9.80 Å². The lowest BCUT2D eigenvalue weighted by molar-refractivity contribution is 0.658. The Morgan fingerprint density at radius 2 is 0.921 bits per heavy atom. The van der Waals surface area contributed by atoms with Crippen LogP contribution in [0.15, 0.2) is 144 Å². The Morgan fingerprint density at radius 1 is 0.500 bits per heavy atom. The van der Waals surface area contributed by atoms with Crippen LogP contribution in [-0.2, 0) is 0 Å². The highest BCUT2D eigenvalue weighted by molar-refractivity contribution is 5.73. The lowest BCUT2D eigenvalue weighted by atomic mass is 9.87. The van der Waals surface area contributed by atoms with Crippen molar-refractivity contribution in [1.82, 2.24) is 0 Å². The zero-order valence-corrected chi connectivity index (χ0v) is 21.6. The van der Waals surface area contributed by atoms with Gasteiger partial charge < -0.3 is 9.80 Å². The summed E-state index contributed by atoms with van der Waals surface area (Å²) in [6.45, 7) is 0. The Bertz CT molecular complexity index is 1400. The van der Waals surface area contributed by atoms with Gasteiger partial charge in [-0.15, -0.1) is 0 Å². The van der Waals surface area contributed by atoms with Gasteiger partial charge in [0.25, 0.3) is 0 Å². The van der Waals surface area contributed by atoms with Crippen molar-refractivity contribution in [2.75, 3.05) is 9.80 Å². The molecule has 0 spiro atoms. The topological polar surface area (TPSA) is 6.48 Å². The summed E-state index contributed by atoms with van der Waals surface area (Å²) >= 11 is 0. The maximum absolute atomic E-state index is 2.54. The first-order valence-corrected chi connectivity index (χ1v) is 14.1. The van der Waals surface area contributed by atoms with Crippen molar-refractivity contribution >= 4 is 11.4 Å². The molecule has 0 amide bonds. The highest BCUT2D eigenvalue weighted by atomic mass is 15.2. The summed E-state index contributed by atoms with van der Waals surface area (Å²) in [5.41, 5.74) is 11.1. The summed E-state index contributed by atoms with van der Waals surface area (Å²) < 4.78 is 0. The van der Waals surface area contributed by atoms with E-state index < -0.39 is 0 Å². The summed E-state index contributed by atoms with van der Waals surface area (Å²) in [7, 11) is 0. The molecule has 0 radical (unpaired) electrons. The van der Waals surface area contributed by atoms with Crippen molar-refractivity contribution in [2.45, 2.75) is 37.8 Å². The van der Waals surface area contributed by atoms with Crippen LogP contribution in [0.2, 0.25) is 0 Å². The molecule has 0 saturated carbocycles. The van der Waals surface area contributed by atoms with Crippen molar-refractivity contribution in [1.29, 1.82) is 0 Å². The van der Waals surface area contributed by atoms with E-state index in [2.05, 4.69) is 131 Å². The normalized spacial score (nSPS) is 28.2. The van der Waals surface area contributed by atoms with Crippen LogP contribution in [0.3, 0.4) is 0 Å². The molecule has 0 fully saturated rings. The Balaban J connectivity index is 1.08. The Kier molecular flexibility index (Phi) is 5.07. The molecule has 4 aliphatic carbocycles. The van der Waals surface area contributed by atoms with E-state index in [1.165, 1.54) is 46.7 Å². The molecular weight excluding hydrogens is 460 g/mol. The molecule has 2 aromatic rings. The average molecular weight is 493 g/mol. The monoisotopic (exact) mass is 492 g/mol. The summed E-state index contributed by atoms with van der Waals surface area (Å²) in [6, 6.07) is 19.2. The van der Waals surface area contributed by atoms with Gasteiger partial charge in [0.1, 0.15) is 0 Å². The second-order valence-electron chi connectivity index (χ2n) is 11.1. The SMILES string of the molecule is C1=CC2C3=C(C=CCC3)N(c3ccc(-c4ccc(N5C6=C(CCC=C6)[C@H]6C=CC=CC65)cc4)cc3)C2C=C1. The molecule has 3 unspecified atom stereocenters. The lowest BCUT2D eigenvalue weighted by Gasteiger charge is -2.30. The quantitative estimate of drug-likeness (QED) is 0.424. The second kappa shape index (κ2) is 8.77. The van der Waals surface area contributed by atoms with Gasteiger partial charge in [-0.05, 0) is 84.4 Å². The number of rotatable bonds is 3. The minimum Gasteiger partial charge on any atom is -0.334 e. The highest BCUT2D eigenvalue weighted by Gasteiger charge is 2.40.